The molecule has 4 heterocycles. The zero-order chi connectivity index (χ0) is 20.4. The maximum Gasteiger partial charge on any atom is 0.433 e. The lowest BCUT2D eigenvalue weighted by Gasteiger charge is -2.35. The van der Waals surface area contributed by atoms with Crippen molar-refractivity contribution in [3.8, 4) is 0 Å². The molecule has 4 rings (SSSR count). The fourth-order valence-corrected chi connectivity index (χ4v) is 3.26. The number of aromatic nitrogens is 2. The molecule has 3 aromatic rings. The Morgan fingerprint density at radius 3 is 2.62 bits per heavy atom. The highest BCUT2D eigenvalue weighted by molar-refractivity contribution is 5.89. The number of pyridine rings is 2. The van der Waals surface area contributed by atoms with Crippen molar-refractivity contribution >= 4 is 22.8 Å². The monoisotopic (exact) mass is 405 g/mol. The number of furan rings is 1. The summed E-state index contributed by atoms with van der Waals surface area (Å²) in [6, 6.07) is 7.17. The lowest BCUT2D eigenvalue weighted by atomic mass is 10.2. The molecule has 29 heavy (non-hydrogen) atoms. The summed E-state index contributed by atoms with van der Waals surface area (Å²) >= 11 is 0. The first-order valence-corrected chi connectivity index (χ1v) is 9.05. The molecule has 10 heteroatoms. The molecule has 2 amide bonds. The standard InChI is InChI=1S/C19H18F3N5O2/c20-19(21,22)16-4-3-14-15(25-16)5-6-23-17(14)26-7-9-27(10-8-26)18(28)24-12-13-2-1-11-29-13/h1-6,11H,7-10,12H2,(H,24,28). The number of piperazine rings is 1. The maximum atomic E-state index is 12.9. The number of hydrogen-bond acceptors (Lipinski definition) is 5. The highest BCUT2D eigenvalue weighted by Crippen LogP contribution is 2.31. The molecule has 0 unspecified atom stereocenters. The molecule has 7 nitrogen and oxygen atoms in total. The van der Waals surface area contributed by atoms with Gasteiger partial charge in [0.15, 0.2) is 0 Å². The minimum absolute atomic E-state index is 0.191. The van der Waals surface area contributed by atoms with Crippen LogP contribution in [0.5, 0.6) is 0 Å². The van der Waals surface area contributed by atoms with Gasteiger partial charge in [-0.25, -0.2) is 14.8 Å². The number of alkyl halides is 3. The van der Waals surface area contributed by atoms with E-state index in [1.165, 1.54) is 18.3 Å². The van der Waals surface area contributed by atoms with E-state index in [2.05, 4.69) is 15.3 Å². The lowest BCUT2D eigenvalue weighted by molar-refractivity contribution is -0.140. The molecule has 1 aliphatic heterocycles. The number of amides is 2. The molecule has 3 aromatic heterocycles. The van der Waals surface area contributed by atoms with Crippen molar-refractivity contribution in [2.45, 2.75) is 12.7 Å². The fourth-order valence-electron chi connectivity index (χ4n) is 3.26. The van der Waals surface area contributed by atoms with Crippen molar-refractivity contribution in [3.05, 3.63) is 54.2 Å². The molecule has 152 valence electrons. The Morgan fingerprint density at radius 1 is 1.14 bits per heavy atom. The number of rotatable bonds is 3. The van der Waals surface area contributed by atoms with E-state index in [1.54, 1.807) is 23.3 Å². The van der Waals surface area contributed by atoms with Crippen molar-refractivity contribution in [3.63, 3.8) is 0 Å². The lowest BCUT2D eigenvalue weighted by Crippen LogP contribution is -2.52. The summed E-state index contributed by atoms with van der Waals surface area (Å²) < 4.78 is 43.9. The topological polar surface area (TPSA) is 74.5 Å². The SMILES string of the molecule is O=C(NCc1ccco1)N1CCN(c2nccc3nc(C(F)(F)F)ccc23)CC1. The van der Waals surface area contributed by atoms with Crippen molar-refractivity contribution in [1.82, 2.24) is 20.2 Å². The van der Waals surface area contributed by atoms with Gasteiger partial charge >= 0.3 is 12.2 Å². The maximum absolute atomic E-state index is 12.9. The molecule has 0 aliphatic carbocycles. The van der Waals surface area contributed by atoms with Crippen LogP contribution in [-0.4, -0.2) is 47.1 Å². The largest absolute Gasteiger partial charge is 0.467 e. The number of anilines is 1. The summed E-state index contributed by atoms with van der Waals surface area (Å²) in [5.74, 6) is 1.24. The van der Waals surface area contributed by atoms with Crippen molar-refractivity contribution in [2.24, 2.45) is 0 Å². The second-order valence-electron chi connectivity index (χ2n) is 6.61. The molecule has 0 atom stereocenters. The highest BCUT2D eigenvalue weighted by Gasteiger charge is 2.33. The highest BCUT2D eigenvalue weighted by atomic mass is 19.4. The van der Waals surface area contributed by atoms with Crippen LogP contribution in [0.3, 0.4) is 0 Å². The Labute approximate surface area is 164 Å². The molecule has 1 fully saturated rings. The van der Waals surface area contributed by atoms with Gasteiger partial charge in [-0.2, -0.15) is 13.2 Å². The number of nitrogens with zero attached hydrogens (tertiary/aromatic N) is 4. The predicted octanol–water partition coefficient (Wildman–Crippen LogP) is 3.27. The van der Waals surface area contributed by atoms with E-state index >= 15 is 0 Å². The number of urea groups is 1. The zero-order valence-electron chi connectivity index (χ0n) is 15.3. The van der Waals surface area contributed by atoms with Gasteiger partial charge in [0.25, 0.3) is 0 Å². The second-order valence-corrected chi connectivity index (χ2v) is 6.61. The summed E-state index contributed by atoms with van der Waals surface area (Å²) in [6.45, 7) is 2.28. The second kappa shape index (κ2) is 7.61. The number of fused-ring (bicyclic) bond motifs is 1. The number of carbonyl (C=O) groups excluding carboxylic acids is 1. The van der Waals surface area contributed by atoms with Gasteiger partial charge < -0.3 is 19.5 Å². The van der Waals surface area contributed by atoms with Gasteiger partial charge in [-0.15, -0.1) is 0 Å². The number of halogens is 3. The summed E-state index contributed by atoms with van der Waals surface area (Å²) in [4.78, 5) is 24.0. The predicted molar refractivity (Wildman–Crippen MR) is 99.3 cm³/mol. The molecule has 0 bridgehead atoms. The van der Waals surface area contributed by atoms with E-state index in [0.29, 0.717) is 49.7 Å². The van der Waals surface area contributed by atoms with Gasteiger partial charge in [0.1, 0.15) is 17.3 Å². The van der Waals surface area contributed by atoms with Gasteiger partial charge in [0, 0.05) is 37.8 Å². The van der Waals surface area contributed by atoms with Crippen LogP contribution in [0.2, 0.25) is 0 Å². The van der Waals surface area contributed by atoms with Crippen LogP contribution in [0.4, 0.5) is 23.8 Å². The fraction of sp³-hybridized carbons (Fsp3) is 0.316. The molecular formula is C19H18F3N5O2. The normalized spacial score (nSPS) is 15.0. The third-order valence-corrected chi connectivity index (χ3v) is 4.75. The minimum atomic E-state index is -4.49. The summed E-state index contributed by atoms with van der Waals surface area (Å²) in [5.41, 5.74) is -0.691. The number of carbonyl (C=O) groups is 1. The molecule has 0 radical (unpaired) electrons. The average molecular weight is 405 g/mol. The molecule has 1 aliphatic rings. The van der Waals surface area contributed by atoms with Crippen LogP contribution < -0.4 is 10.2 Å². The smallest absolute Gasteiger partial charge is 0.433 e. The Hall–Kier alpha value is -3.30. The van der Waals surface area contributed by atoms with Gasteiger partial charge in [-0.3, -0.25) is 0 Å². The van der Waals surface area contributed by atoms with Crippen molar-refractivity contribution in [2.75, 3.05) is 31.1 Å². The molecule has 1 saturated heterocycles. The Bertz CT molecular complexity index is 999. The first-order valence-electron chi connectivity index (χ1n) is 9.05. The van der Waals surface area contributed by atoms with Gasteiger partial charge in [-0.05, 0) is 30.3 Å². The van der Waals surface area contributed by atoms with Crippen LogP contribution in [0.15, 0.2) is 47.2 Å². The minimum Gasteiger partial charge on any atom is -0.467 e. The number of nitrogens with one attached hydrogen (secondary N) is 1. The van der Waals surface area contributed by atoms with Crippen LogP contribution >= 0.6 is 0 Å². The van der Waals surface area contributed by atoms with E-state index in [4.69, 9.17) is 4.42 Å². The molecule has 0 aromatic carbocycles. The Morgan fingerprint density at radius 2 is 1.93 bits per heavy atom. The van der Waals surface area contributed by atoms with E-state index in [9.17, 15) is 18.0 Å². The van der Waals surface area contributed by atoms with Crippen LogP contribution in [-0.2, 0) is 12.7 Å². The van der Waals surface area contributed by atoms with Crippen LogP contribution in [0.25, 0.3) is 10.9 Å². The Kier molecular flexibility index (Phi) is 4.99. The third-order valence-electron chi connectivity index (χ3n) is 4.75. The molecule has 1 N–H and O–H groups in total. The van der Waals surface area contributed by atoms with Crippen LogP contribution in [0, 0.1) is 0 Å². The first-order chi connectivity index (χ1) is 13.9. The van der Waals surface area contributed by atoms with Gasteiger partial charge in [-0.1, -0.05) is 0 Å². The van der Waals surface area contributed by atoms with Crippen LogP contribution in [0.1, 0.15) is 11.5 Å². The van der Waals surface area contributed by atoms with E-state index in [-0.39, 0.29) is 11.5 Å². The first kappa shape index (κ1) is 19.0. The van der Waals surface area contributed by atoms with Gasteiger partial charge in [0.2, 0.25) is 0 Å². The van der Waals surface area contributed by atoms with E-state index in [1.807, 2.05) is 4.90 Å². The van der Waals surface area contributed by atoms with Crippen molar-refractivity contribution < 1.29 is 22.4 Å². The third kappa shape index (κ3) is 4.10. The Balaban J connectivity index is 1.43. The molecular weight excluding hydrogens is 387 g/mol. The van der Waals surface area contributed by atoms with E-state index in [0.717, 1.165) is 6.07 Å². The number of hydrogen-bond donors (Lipinski definition) is 1. The van der Waals surface area contributed by atoms with Gasteiger partial charge in [0.05, 0.1) is 18.3 Å². The van der Waals surface area contributed by atoms with E-state index < -0.39 is 11.9 Å². The summed E-state index contributed by atoms with van der Waals surface area (Å²) in [6.07, 6.45) is -1.50. The molecule has 0 spiro atoms. The molecule has 0 saturated carbocycles. The zero-order valence-corrected chi connectivity index (χ0v) is 15.3. The summed E-state index contributed by atoms with van der Waals surface area (Å²) in [5, 5.41) is 3.35. The van der Waals surface area contributed by atoms with Crippen molar-refractivity contribution in [1.29, 1.82) is 0 Å². The quantitative estimate of drug-likeness (QED) is 0.724. The average Bonchev–Trinajstić information content (AvgIpc) is 3.24. The summed E-state index contributed by atoms with van der Waals surface area (Å²) in [7, 11) is 0.